The van der Waals surface area contributed by atoms with Gasteiger partial charge in [-0.1, -0.05) is 6.07 Å². The van der Waals surface area contributed by atoms with Crippen LogP contribution in [0.2, 0.25) is 0 Å². The van der Waals surface area contributed by atoms with Crippen LogP contribution in [0.1, 0.15) is 15.9 Å². The van der Waals surface area contributed by atoms with Gasteiger partial charge in [-0.15, -0.1) is 0 Å². The number of carbonyl (C=O) groups is 1. The molecule has 0 unspecified atom stereocenters. The van der Waals surface area contributed by atoms with Crippen molar-refractivity contribution in [3.8, 4) is 0 Å². The van der Waals surface area contributed by atoms with Gasteiger partial charge < -0.3 is 11.1 Å². The highest BCUT2D eigenvalue weighted by Gasteiger charge is 2.19. The van der Waals surface area contributed by atoms with Crippen LogP contribution in [0.25, 0.3) is 0 Å². The summed E-state index contributed by atoms with van der Waals surface area (Å²) in [6.45, 7) is 1.77. The van der Waals surface area contributed by atoms with Crippen LogP contribution in [0.4, 0.5) is 24.5 Å². The number of rotatable bonds is 2. The van der Waals surface area contributed by atoms with Gasteiger partial charge in [-0.2, -0.15) is 0 Å². The maximum atomic E-state index is 13.5. The molecule has 0 radical (unpaired) electrons. The van der Waals surface area contributed by atoms with Gasteiger partial charge in [-0.25, -0.2) is 13.2 Å². The van der Waals surface area contributed by atoms with Gasteiger partial charge in [0.05, 0.1) is 11.4 Å². The second-order valence-corrected chi connectivity index (χ2v) is 4.29. The van der Waals surface area contributed by atoms with E-state index in [9.17, 15) is 18.0 Å². The van der Waals surface area contributed by atoms with E-state index in [2.05, 4.69) is 5.32 Å². The Morgan fingerprint density at radius 1 is 1.10 bits per heavy atom. The van der Waals surface area contributed by atoms with Crippen LogP contribution in [0.15, 0.2) is 30.3 Å². The van der Waals surface area contributed by atoms with E-state index in [1.807, 2.05) is 0 Å². The first-order valence-electron chi connectivity index (χ1n) is 5.70. The molecule has 0 aliphatic heterocycles. The zero-order valence-corrected chi connectivity index (χ0v) is 10.5. The van der Waals surface area contributed by atoms with Crippen LogP contribution in [0.5, 0.6) is 0 Å². The smallest absolute Gasteiger partial charge is 0.261 e. The Kier molecular flexibility index (Phi) is 3.65. The van der Waals surface area contributed by atoms with E-state index in [0.717, 1.165) is 5.56 Å². The molecular weight excluding hydrogens is 269 g/mol. The third-order valence-electron chi connectivity index (χ3n) is 2.69. The van der Waals surface area contributed by atoms with Gasteiger partial charge in [0.15, 0.2) is 0 Å². The summed E-state index contributed by atoms with van der Waals surface area (Å²) in [6.07, 6.45) is 0. The van der Waals surface area contributed by atoms with Gasteiger partial charge in [0.25, 0.3) is 5.91 Å². The van der Waals surface area contributed by atoms with Crippen molar-refractivity contribution in [3.05, 3.63) is 58.9 Å². The molecule has 2 rings (SSSR count). The predicted molar refractivity (Wildman–Crippen MR) is 69.9 cm³/mol. The summed E-state index contributed by atoms with van der Waals surface area (Å²) in [5.74, 6) is -4.67. The highest BCUT2D eigenvalue weighted by molar-refractivity contribution is 6.06. The molecule has 2 aromatic carbocycles. The number of hydrogen-bond acceptors (Lipinski definition) is 2. The maximum Gasteiger partial charge on any atom is 0.261 e. The molecule has 0 fully saturated rings. The number of amides is 1. The van der Waals surface area contributed by atoms with Crippen molar-refractivity contribution in [1.82, 2.24) is 0 Å². The molecule has 2 aromatic rings. The highest BCUT2D eigenvalue weighted by atomic mass is 19.1. The molecular formula is C14H11F3N2O. The molecule has 20 heavy (non-hydrogen) atoms. The Bertz CT molecular complexity index is 663. The van der Waals surface area contributed by atoms with Crippen molar-refractivity contribution in [2.24, 2.45) is 0 Å². The van der Waals surface area contributed by atoms with E-state index >= 15 is 0 Å². The quantitative estimate of drug-likeness (QED) is 0.830. The van der Waals surface area contributed by atoms with Crippen LogP contribution in [0.3, 0.4) is 0 Å². The number of anilines is 2. The summed E-state index contributed by atoms with van der Waals surface area (Å²) in [6, 6.07) is 5.73. The summed E-state index contributed by atoms with van der Waals surface area (Å²) >= 11 is 0. The summed E-state index contributed by atoms with van der Waals surface area (Å²) in [7, 11) is 0. The number of carbonyl (C=O) groups excluding carboxylic acids is 1. The fraction of sp³-hybridized carbons (Fsp3) is 0.0714. The molecule has 0 saturated heterocycles. The number of halogens is 3. The minimum atomic E-state index is -1.27. The summed E-state index contributed by atoms with van der Waals surface area (Å²) in [5, 5.41) is 2.30. The topological polar surface area (TPSA) is 55.1 Å². The number of aryl methyl sites for hydroxylation is 1. The molecule has 0 aliphatic carbocycles. The monoisotopic (exact) mass is 280 g/mol. The fourth-order valence-electron chi connectivity index (χ4n) is 1.72. The Balaban J connectivity index is 2.36. The molecule has 0 atom stereocenters. The molecule has 104 valence electrons. The average Bonchev–Trinajstić information content (AvgIpc) is 2.32. The van der Waals surface area contributed by atoms with E-state index in [-0.39, 0.29) is 11.4 Å². The highest BCUT2D eigenvalue weighted by Crippen LogP contribution is 2.22. The Morgan fingerprint density at radius 3 is 2.30 bits per heavy atom. The van der Waals surface area contributed by atoms with Crippen molar-refractivity contribution in [3.63, 3.8) is 0 Å². The second kappa shape index (κ2) is 5.24. The average molecular weight is 280 g/mol. The second-order valence-electron chi connectivity index (χ2n) is 4.29. The lowest BCUT2D eigenvalue weighted by Gasteiger charge is -2.10. The first-order chi connectivity index (χ1) is 9.38. The van der Waals surface area contributed by atoms with Gasteiger partial charge in [0.1, 0.15) is 23.0 Å². The normalized spacial score (nSPS) is 10.4. The Morgan fingerprint density at radius 2 is 1.70 bits per heavy atom. The van der Waals surface area contributed by atoms with Crippen molar-refractivity contribution >= 4 is 17.3 Å². The van der Waals surface area contributed by atoms with Gasteiger partial charge in [0.2, 0.25) is 0 Å². The lowest BCUT2D eigenvalue weighted by Crippen LogP contribution is -2.17. The minimum absolute atomic E-state index is 0.234. The molecule has 3 nitrogen and oxygen atoms in total. The van der Waals surface area contributed by atoms with Gasteiger partial charge in [-0.3, -0.25) is 4.79 Å². The van der Waals surface area contributed by atoms with Crippen LogP contribution in [-0.4, -0.2) is 5.91 Å². The number of nitrogens with one attached hydrogen (secondary N) is 1. The van der Waals surface area contributed by atoms with Crippen LogP contribution in [-0.2, 0) is 0 Å². The van der Waals surface area contributed by atoms with Crippen LogP contribution >= 0.6 is 0 Å². The SMILES string of the molecule is Cc1ccc(N)c(NC(=O)c2c(F)cc(F)cc2F)c1. The van der Waals surface area contributed by atoms with Crippen molar-refractivity contribution in [1.29, 1.82) is 0 Å². The third kappa shape index (κ3) is 2.74. The Labute approximate surface area is 113 Å². The van der Waals surface area contributed by atoms with Gasteiger partial charge >= 0.3 is 0 Å². The molecule has 6 heteroatoms. The molecule has 3 N–H and O–H groups in total. The molecule has 0 heterocycles. The van der Waals surface area contributed by atoms with Crippen molar-refractivity contribution in [2.45, 2.75) is 6.92 Å². The maximum absolute atomic E-state index is 13.5. The van der Waals surface area contributed by atoms with Gasteiger partial charge in [0, 0.05) is 12.1 Å². The molecule has 0 spiro atoms. The number of benzene rings is 2. The van der Waals surface area contributed by atoms with Crippen molar-refractivity contribution < 1.29 is 18.0 Å². The summed E-state index contributed by atoms with van der Waals surface area (Å²) in [4.78, 5) is 11.9. The largest absolute Gasteiger partial charge is 0.397 e. The third-order valence-corrected chi connectivity index (χ3v) is 2.69. The fourth-order valence-corrected chi connectivity index (χ4v) is 1.72. The minimum Gasteiger partial charge on any atom is -0.397 e. The lowest BCUT2D eigenvalue weighted by molar-refractivity contribution is 0.101. The molecule has 1 amide bonds. The molecule has 0 saturated carbocycles. The molecule has 0 aromatic heterocycles. The summed E-state index contributed by atoms with van der Waals surface area (Å²) in [5.41, 5.74) is 6.10. The molecule has 0 aliphatic rings. The zero-order valence-electron chi connectivity index (χ0n) is 10.5. The van der Waals surface area contributed by atoms with E-state index in [1.54, 1.807) is 25.1 Å². The van der Waals surface area contributed by atoms with Crippen LogP contribution in [0, 0.1) is 24.4 Å². The lowest BCUT2D eigenvalue weighted by atomic mass is 10.1. The predicted octanol–water partition coefficient (Wildman–Crippen LogP) is 3.25. The number of hydrogen-bond donors (Lipinski definition) is 2. The number of nitrogens with two attached hydrogens (primary N) is 1. The van der Waals surface area contributed by atoms with Gasteiger partial charge in [-0.05, 0) is 24.6 Å². The van der Waals surface area contributed by atoms with E-state index in [1.165, 1.54) is 0 Å². The van der Waals surface area contributed by atoms with Crippen LogP contribution < -0.4 is 11.1 Å². The molecule has 0 bridgehead atoms. The number of nitrogen functional groups attached to an aromatic ring is 1. The van der Waals surface area contributed by atoms with E-state index < -0.39 is 28.9 Å². The summed E-state index contributed by atoms with van der Waals surface area (Å²) < 4.78 is 39.7. The van der Waals surface area contributed by atoms with E-state index in [0.29, 0.717) is 12.1 Å². The van der Waals surface area contributed by atoms with Crippen molar-refractivity contribution in [2.75, 3.05) is 11.1 Å². The standard InChI is InChI=1S/C14H11F3N2O/c1-7-2-3-11(18)12(4-7)19-14(20)13-9(16)5-8(15)6-10(13)17/h2-6H,18H2,1H3,(H,19,20). The zero-order chi connectivity index (χ0) is 14.9. The van der Waals surface area contributed by atoms with E-state index in [4.69, 9.17) is 5.73 Å². The first kappa shape index (κ1) is 13.9. The first-order valence-corrected chi connectivity index (χ1v) is 5.70. The Hall–Kier alpha value is -2.50.